The third-order valence-electron chi connectivity index (χ3n) is 4.22. The molecule has 0 saturated carbocycles. The van der Waals surface area contributed by atoms with Crippen LogP contribution in [0.2, 0.25) is 0 Å². The van der Waals surface area contributed by atoms with Crippen molar-refractivity contribution < 1.29 is 4.92 Å². The molecule has 0 bridgehead atoms. The monoisotopic (exact) mass is 316 g/mol. The average molecular weight is 316 g/mol. The molecule has 4 nitrogen and oxygen atoms in total. The molecule has 0 aliphatic rings. The molecule has 0 atom stereocenters. The number of rotatable bonds is 12. The van der Waals surface area contributed by atoms with Crippen LogP contribution in [0.1, 0.15) is 82.3 Å². The van der Waals surface area contributed by atoms with Crippen LogP contribution in [0.15, 0.2) is 18.2 Å². The van der Waals surface area contributed by atoms with E-state index in [9.17, 15) is 10.1 Å². The standard InChI is InChI=1S/C19H28N2O2/c1-2-3-4-5-6-7-8-9-10-11-12-17-13-14-19(21(22)23)15-18(17)16-20/h13-15H,2-12H2,1H3. The van der Waals surface area contributed by atoms with Gasteiger partial charge in [0.25, 0.3) is 5.69 Å². The smallest absolute Gasteiger partial charge is 0.258 e. The largest absolute Gasteiger partial charge is 0.270 e. The molecule has 1 aromatic carbocycles. The number of nitrogens with zero attached hydrogens (tertiary/aromatic N) is 2. The van der Waals surface area contributed by atoms with E-state index >= 15 is 0 Å². The van der Waals surface area contributed by atoms with Gasteiger partial charge in [-0.1, -0.05) is 70.8 Å². The molecule has 0 N–H and O–H groups in total. The van der Waals surface area contributed by atoms with E-state index in [1.807, 2.05) is 0 Å². The summed E-state index contributed by atoms with van der Waals surface area (Å²) in [6.07, 6.45) is 13.6. The molecule has 0 aliphatic carbocycles. The molecule has 0 unspecified atom stereocenters. The molecule has 23 heavy (non-hydrogen) atoms. The molecule has 0 saturated heterocycles. The third-order valence-corrected chi connectivity index (χ3v) is 4.22. The van der Waals surface area contributed by atoms with Crippen molar-refractivity contribution in [1.82, 2.24) is 0 Å². The molecule has 0 aliphatic heterocycles. The van der Waals surface area contributed by atoms with E-state index in [2.05, 4.69) is 13.0 Å². The van der Waals surface area contributed by atoms with Gasteiger partial charge in [0.15, 0.2) is 0 Å². The Labute approximate surface area is 139 Å². The van der Waals surface area contributed by atoms with Crippen molar-refractivity contribution >= 4 is 5.69 Å². The Bertz CT molecular complexity index is 521. The van der Waals surface area contributed by atoms with E-state index in [0.29, 0.717) is 5.56 Å². The lowest BCUT2D eigenvalue weighted by Gasteiger charge is -2.05. The topological polar surface area (TPSA) is 66.9 Å². The fourth-order valence-electron chi connectivity index (χ4n) is 2.80. The molecule has 0 amide bonds. The average Bonchev–Trinajstić information content (AvgIpc) is 2.56. The van der Waals surface area contributed by atoms with E-state index in [-0.39, 0.29) is 5.69 Å². The Hall–Kier alpha value is -1.89. The van der Waals surface area contributed by atoms with Crippen molar-refractivity contribution in [2.24, 2.45) is 0 Å². The van der Waals surface area contributed by atoms with Gasteiger partial charge in [0.2, 0.25) is 0 Å². The highest BCUT2D eigenvalue weighted by Gasteiger charge is 2.10. The maximum atomic E-state index is 10.7. The summed E-state index contributed by atoms with van der Waals surface area (Å²) >= 11 is 0. The van der Waals surface area contributed by atoms with Gasteiger partial charge in [0, 0.05) is 12.1 Å². The summed E-state index contributed by atoms with van der Waals surface area (Å²) < 4.78 is 0. The number of nitro groups is 1. The number of nitro benzene ring substituents is 1. The van der Waals surface area contributed by atoms with Crippen molar-refractivity contribution in [1.29, 1.82) is 5.26 Å². The Balaban J connectivity index is 2.19. The highest BCUT2D eigenvalue weighted by molar-refractivity contribution is 5.46. The first-order valence-corrected chi connectivity index (χ1v) is 8.86. The zero-order chi connectivity index (χ0) is 16.9. The summed E-state index contributed by atoms with van der Waals surface area (Å²) in [5.74, 6) is 0. The predicted octanol–water partition coefficient (Wildman–Crippen LogP) is 5.93. The van der Waals surface area contributed by atoms with E-state index in [1.165, 1.54) is 63.5 Å². The van der Waals surface area contributed by atoms with Gasteiger partial charge in [-0.15, -0.1) is 0 Å². The molecule has 0 fully saturated rings. The van der Waals surface area contributed by atoms with Gasteiger partial charge in [-0.05, 0) is 18.4 Å². The van der Waals surface area contributed by atoms with Crippen LogP contribution in [0.3, 0.4) is 0 Å². The highest BCUT2D eigenvalue weighted by Crippen LogP contribution is 2.19. The summed E-state index contributed by atoms with van der Waals surface area (Å²) in [7, 11) is 0. The van der Waals surface area contributed by atoms with Crippen molar-refractivity contribution in [3.63, 3.8) is 0 Å². The molecular formula is C19H28N2O2. The summed E-state index contributed by atoms with van der Waals surface area (Å²) in [5, 5.41) is 19.8. The fourth-order valence-corrected chi connectivity index (χ4v) is 2.80. The molecule has 4 heteroatoms. The van der Waals surface area contributed by atoms with Crippen LogP contribution in [-0.4, -0.2) is 4.92 Å². The normalized spacial score (nSPS) is 10.4. The minimum Gasteiger partial charge on any atom is -0.258 e. The van der Waals surface area contributed by atoms with Crippen molar-refractivity contribution in [3.05, 3.63) is 39.4 Å². The van der Waals surface area contributed by atoms with Gasteiger partial charge in [0.05, 0.1) is 16.6 Å². The van der Waals surface area contributed by atoms with Crippen LogP contribution in [0, 0.1) is 21.4 Å². The van der Waals surface area contributed by atoms with Gasteiger partial charge in [-0.25, -0.2) is 0 Å². The number of hydrogen-bond donors (Lipinski definition) is 0. The van der Waals surface area contributed by atoms with Crippen LogP contribution in [-0.2, 0) is 6.42 Å². The van der Waals surface area contributed by atoms with Crippen LogP contribution in [0.4, 0.5) is 5.69 Å². The Kier molecular flexibility index (Phi) is 9.70. The van der Waals surface area contributed by atoms with Crippen molar-refractivity contribution in [2.45, 2.75) is 77.6 Å². The molecule has 0 aromatic heterocycles. The second kappa shape index (κ2) is 11.6. The van der Waals surface area contributed by atoms with Gasteiger partial charge < -0.3 is 0 Å². The van der Waals surface area contributed by atoms with E-state index < -0.39 is 4.92 Å². The SMILES string of the molecule is CCCCCCCCCCCCc1ccc([N+](=O)[O-])cc1C#N. The highest BCUT2D eigenvalue weighted by atomic mass is 16.6. The molecule has 126 valence electrons. The fraction of sp³-hybridized carbons (Fsp3) is 0.632. The minimum atomic E-state index is -0.453. The molecule has 0 spiro atoms. The molecule has 0 heterocycles. The zero-order valence-electron chi connectivity index (χ0n) is 14.2. The third kappa shape index (κ3) is 7.78. The Morgan fingerprint density at radius 1 is 1.00 bits per heavy atom. The summed E-state index contributed by atoms with van der Waals surface area (Å²) in [6, 6.07) is 6.67. The second-order valence-corrected chi connectivity index (χ2v) is 6.14. The van der Waals surface area contributed by atoms with Gasteiger partial charge >= 0.3 is 0 Å². The number of non-ortho nitro benzene ring substituents is 1. The molecular weight excluding hydrogens is 288 g/mol. The zero-order valence-corrected chi connectivity index (χ0v) is 14.2. The van der Waals surface area contributed by atoms with Crippen LogP contribution < -0.4 is 0 Å². The van der Waals surface area contributed by atoms with E-state index in [1.54, 1.807) is 6.07 Å². The number of benzene rings is 1. The van der Waals surface area contributed by atoms with E-state index in [0.717, 1.165) is 24.8 Å². The number of unbranched alkanes of at least 4 members (excludes halogenated alkanes) is 9. The Morgan fingerprint density at radius 2 is 1.57 bits per heavy atom. The summed E-state index contributed by atoms with van der Waals surface area (Å²) in [6.45, 7) is 2.24. The predicted molar refractivity (Wildman–Crippen MR) is 93.4 cm³/mol. The van der Waals surface area contributed by atoms with Gasteiger partial charge in [-0.2, -0.15) is 5.26 Å². The van der Waals surface area contributed by atoms with Crippen LogP contribution >= 0.6 is 0 Å². The first-order chi connectivity index (χ1) is 11.2. The number of nitriles is 1. The summed E-state index contributed by atoms with van der Waals surface area (Å²) in [5.41, 5.74) is 1.36. The molecule has 1 aromatic rings. The van der Waals surface area contributed by atoms with Crippen molar-refractivity contribution in [2.75, 3.05) is 0 Å². The molecule has 1 rings (SSSR count). The second-order valence-electron chi connectivity index (χ2n) is 6.14. The van der Waals surface area contributed by atoms with Gasteiger partial charge in [0.1, 0.15) is 0 Å². The van der Waals surface area contributed by atoms with E-state index in [4.69, 9.17) is 5.26 Å². The first kappa shape index (κ1) is 19.2. The first-order valence-electron chi connectivity index (χ1n) is 8.86. The number of aryl methyl sites for hydroxylation is 1. The quantitative estimate of drug-likeness (QED) is 0.272. The number of hydrogen-bond acceptors (Lipinski definition) is 3. The van der Waals surface area contributed by atoms with Crippen molar-refractivity contribution in [3.8, 4) is 6.07 Å². The lowest BCUT2D eigenvalue weighted by molar-refractivity contribution is -0.384. The molecule has 0 radical (unpaired) electrons. The lowest BCUT2D eigenvalue weighted by Crippen LogP contribution is -1.94. The van der Waals surface area contributed by atoms with Crippen LogP contribution in [0.25, 0.3) is 0 Å². The van der Waals surface area contributed by atoms with Crippen LogP contribution in [0.5, 0.6) is 0 Å². The lowest BCUT2D eigenvalue weighted by atomic mass is 10.00. The maximum absolute atomic E-state index is 10.7. The minimum absolute atomic E-state index is 0.00614. The van der Waals surface area contributed by atoms with Gasteiger partial charge in [-0.3, -0.25) is 10.1 Å². The Morgan fingerprint density at radius 3 is 2.09 bits per heavy atom. The maximum Gasteiger partial charge on any atom is 0.270 e. The summed E-state index contributed by atoms with van der Waals surface area (Å²) in [4.78, 5) is 10.3.